The van der Waals surface area contributed by atoms with Gasteiger partial charge in [-0.15, -0.1) is 0 Å². The zero-order valence-corrected chi connectivity index (χ0v) is 10.9. The fourth-order valence-corrected chi connectivity index (χ4v) is 2.04. The minimum absolute atomic E-state index is 0.0589. The maximum Gasteiger partial charge on any atom is 0.221 e. The van der Waals surface area contributed by atoms with E-state index in [0.717, 1.165) is 41.6 Å². The number of hydrogen-bond acceptors (Lipinski definition) is 4. The lowest BCUT2D eigenvalue weighted by Crippen LogP contribution is -2.27. The third-order valence-electron chi connectivity index (χ3n) is 2.77. The highest BCUT2D eigenvalue weighted by Crippen LogP contribution is 2.25. The van der Waals surface area contributed by atoms with Gasteiger partial charge >= 0.3 is 0 Å². The molecule has 0 fully saturated rings. The highest BCUT2D eigenvalue weighted by atomic mass is 16.1. The van der Waals surface area contributed by atoms with Gasteiger partial charge in [0, 0.05) is 24.8 Å². The van der Waals surface area contributed by atoms with Crippen molar-refractivity contribution in [2.24, 2.45) is 4.99 Å². The van der Waals surface area contributed by atoms with E-state index in [1.54, 1.807) is 0 Å². The van der Waals surface area contributed by atoms with E-state index in [1.165, 1.54) is 6.92 Å². The Labute approximate surface area is 107 Å². The van der Waals surface area contributed by atoms with Crippen molar-refractivity contribution in [2.75, 3.05) is 23.7 Å². The predicted molar refractivity (Wildman–Crippen MR) is 74.1 cm³/mol. The number of rotatable bonds is 2. The summed E-state index contributed by atoms with van der Waals surface area (Å²) >= 11 is 0. The molecule has 18 heavy (non-hydrogen) atoms. The van der Waals surface area contributed by atoms with Crippen LogP contribution in [0.5, 0.6) is 0 Å². The van der Waals surface area contributed by atoms with Crippen molar-refractivity contribution in [3.8, 4) is 0 Å². The van der Waals surface area contributed by atoms with Crippen LogP contribution < -0.4 is 16.0 Å². The van der Waals surface area contributed by atoms with E-state index in [2.05, 4.69) is 20.9 Å². The van der Waals surface area contributed by atoms with E-state index < -0.39 is 0 Å². The number of nitrogens with one attached hydrogen (secondary N) is 3. The quantitative estimate of drug-likeness (QED) is 0.743. The second-order valence-electron chi connectivity index (χ2n) is 4.45. The van der Waals surface area contributed by atoms with Gasteiger partial charge in [-0.2, -0.15) is 0 Å². The molecule has 0 unspecified atom stereocenters. The summed E-state index contributed by atoms with van der Waals surface area (Å²) in [6.07, 6.45) is 0. The van der Waals surface area contributed by atoms with Crippen LogP contribution in [0, 0.1) is 13.8 Å². The van der Waals surface area contributed by atoms with E-state index >= 15 is 0 Å². The first kappa shape index (κ1) is 12.4. The van der Waals surface area contributed by atoms with Gasteiger partial charge in [-0.25, -0.2) is 0 Å². The van der Waals surface area contributed by atoms with Crippen LogP contribution in [0.25, 0.3) is 0 Å². The number of aliphatic imine (C=N–C) groups is 1. The highest BCUT2D eigenvalue weighted by Gasteiger charge is 2.10. The van der Waals surface area contributed by atoms with E-state index in [-0.39, 0.29) is 5.91 Å². The van der Waals surface area contributed by atoms with Crippen molar-refractivity contribution in [3.05, 3.63) is 23.3 Å². The first-order chi connectivity index (χ1) is 8.56. The first-order valence-corrected chi connectivity index (χ1v) is 6.00. The van der Waals surface area contributed by atoms with Crippen LogP contribution in [-0.4, -0.2) is 25.0 Å². The molecule has 0 atom stereocenters. The third kappa shape index (κ3) is 2.80. The lowest BCUT2D eigenvalue weighted by molar-refractivity contribution is -0.114. The maximum atomic E-state index is 11.0. The van der Waals surface area contributed by atoms with Crippen LogP contribution >= 0.6 is 0 Å². The van der Waals surface area contributed by atoms with E-state index in [0.29, 0.717) is 0 Å². The summed E-state index contributed by atoms with van der Waals surface area (Å²) in [6, 6.07) is 3.90. The van der Waals surface area contributed by atoms with Crippen molar-refractivity contribution in [3.63, 3.8) is 0 Å². The number of guanidine groups is 1. The van der Waals surface area contributed by atoms with Crippen LogP contribution in [0.2, 0.25) is 0 Å². The van der Waals surface area contributed by atoms with Gasteiger partial charge in [-0.1, -0.05) is 0 Å². The molecule has 5 heteroatoms. The van der Waals surface area contributed by atoms with Crippen LogP contribution in [0.15, 0.2) is 17.1 Å². The summed E-state index contributed by atoms with van der Waals surface area (Å²) in [4.78, 5) is 15.4. The minimum Gasteiger partial charge on any atom is -0.354 e. The lowest BCUT2D eigenvalue weighted by atomic mass is 10.1. The van der Waals surface area contributed by atoms with Gasteiger partial charge in [-0.3, -0.25) is 9.79 Å². The van der Waals surface area contributed by atoms with Crippen molar-refractivity contribution in [1.29, 1.82) is 0 Å². The molecule has 1 aromatic rings. The van der Waals surface area contributed by atoms with Crippen LogP contribution in [0.4, 0.5) is 11.4 Å². The van der Waals surface area contributed by atoms with Gasteiger partial charge in [0.2, 0.25) is 5.91 Å². The molecule has 0 bridgehead atoms. The van der Waals surface area contributed by atoms with Crippen LogP contribution in [0.1, 0.15) is 18.1 Å². The van der Waals surface area contributed by atoms with E-state index in [1.807, 2.05) is 26.0 Å². The average molecular weight is 246 g/mol. The molecule has 0 spiro atoms. The molecule has 0 saturated heterocycles. The molecule has 2 rings (SSSR count). The Bertz CT molecular complexity index is 485. The normalized spacial score (nSPS) is 13.8. The molecule has 3 N–H and O–H groups in total. The number of aryl methyl sites for hydroxylation is 2. The Kier molecular flexibility index (Phi) is 3.50. The molecule has 1 aliphatic rings. The third-order valence-corrected chi connectivity index (χ3v) is 2.77. The van der Waals surface area contributed by atoms with Gasteiger partial charge in [0.1, 0.15) is 0 Å². The minimum atomic E-state index is -0.0589. The number of benzene rings is 1. The molecule has 96 valence electrons. The smallest absolute Gasteiger partial charge is 0.221 e. The maximum absolute atomic E-state index is 11.0. The molecule has 1 aromatic carbocycles. The molecule has 0 radical (unpaired) electrons. The molecule has 5 nitrogen and oxygen atoms in total. The largest absolute Gasteiger partial charge is 0.354 e. The Morgan fingerprint density at radius 3 is 2.50 bits per heavy atom. The second-order valence-corrected chi connectivity index (χ2v) is 4.45. The molecule has 1 aliphatic heterocycles. The topological polar surface area (TPSA) is 65.5 Å². The standard InChI is InChI=1S/C13H18N4O/c1-8-6-11(16-10(3)18)7-9(2)12(8)17-13-14-4-5-15-13/h6-7H,4-5H2,1-3H3,(H,16,18)(H2,14,15,17). The number of carbonyl (C=O) groups excluding carboxylic acids is 1. The average Bonchev–Trinajstić information content (AvgIpc) is 2.75. The SMILES string of the molecule is CC(=O)Nc1cc(C)c(NC2=NCCN2)c(C)c1. The zero-order chi connectivity index (χ0) is 13.1. The van der Waals surface area contributed by atoms with Gasteiger partial charge in [0.25, 0.3) is 0 Å². The molecule has 0 aliphatic carbocycles. The first-order valence-electron chi connectivity index (χ1n) is 6.00. The van der Waals surface area contributed by atoms with Crippen LogP contribution in [-0.2, 0) is 4.79 Å². The van der Waals surface area contributed by atoms with Gasteiger partial charge in [-0.05, 0) is 37.1 Å². The lowest BCUT2D eigenvalue weighted by Gasteiger charge is -2.15. The summed E-state index contributed by atoms with van der Waals surface area (Å²) in [7, 11) is 0. The number of carbonyl (C=O) groups is 1. The summed E-state index contributed by atoms with van der Waals surface area (Å²) < 4.78 is 0. The second kappa shape index (κ2) is 5.08. The number of nitrogens with zero attached hydrogens (tertiary/aromatic N) is 1. The molecule has 0 saturated carbocycles. The van der Waals surface area contributed by atoms with Gasteiger partial charge in [0.15, 0.2) is 5.96 Å². The van der Waals surface area contributed by atoms with Crippen molar-refractivity contribution >= 4 is 23.2 Å². The highest BCUT2D eigenvalue weighted by molar-refractivity contribution is 5.97. The summed E-state index contributed by atoms with van der Waals surface area (Å²) in [5, 5.41) is 9.25. The number of anilines is 2. The summed E-state index contributed by atoms with van der Waals surface area (Å²) in [6.45, 7) is 7.22. The Morgan fingerprint density at radius 2 is 2.00 bits per heavy atom. The predicted octanol–water partition coefficient (Wildman–Crippen LogP) is 1.63. The Hall–Kier alpha value is -2.04. The monoisotopic (exact) mass is 246 g/mol. The Balaban J connectivity index is 2.23. The summed E-state index contributed by atoms with van der Waals surface area (Å²) in [5.41, 5.74) is 4.02. The van der Waals surface area contributed by atoms with Crippen molar-refractivity contribution in [2.45, 2.75) is 20.8 Å². The fourth-order valence-electron chi connectivity index (χ4n) is 2.04. The van der Waals surface area contributed by atoms with E-state index in [4.69, 9.17) is 0 Å². The van der Waals surface area contributed by atoms with Crippen LogP contribution in [0.3, 0.4) is 0 Å². The van der Waals surface area contributed by atoms with Crippen molar-refractivity contribution in [1.82, 2.24) is 5.32 Å². The fraction of sp³-hybridized carbons (Fsp3) is 0.385. The molecular formula is C13H18N4O. The number of hydrogen-bond donors (Lipinski definition) is 3. The van der Waals surface area contributed by atoms with Gasteiger partial charge < -0.3 is 16.0 Å². The summed E-state index contributed by atoms with van der Waals surface area (Å²) in [5.74, 6) is 0.754. The van der Waals surface area contributed by atoms with E-state index in [9.17, 15) is 4.79 Å². The molecular weight excluding hydrogens is 228 g/mol. The zero-order valence-electron chi connectivity index (χ0n) is 10.9. The van der Waals surface area contributed by atoms with Crippen molar-refractivity contribution < 1.29 is 4.79 Å². The molecule has 1 amide bonds. The molecule has 0 aromatic heterocycles. The Morgan fingerprint density at radius 1 is 1.33 bits per heavy atom. The number of amides is 1. The molecule has 1 heterocycles. The van der Waals surface area contributed by atoms with Gasteiger partial charge in [0.05, 0.1) is 6.54 Å².